The van der Waals surface area contributed by atoms with E-state index in [1.54, 1.807) is 6.20 Å². The van der Waals surface area contributed by atoms with Crippen molar-refractivity contribution in [2.24, 2.45) is 0 Å². The van der Waals surface area contributed by atoms with Crippen molar-refractivity contribution in [3.63, 3.8) is 0 Å². The van der Waals surface area contributed by atoms with Gasteiger partial charge in [0.15, 0.2) is 0 Å². The molecule has 3 aromatic rings. The van der Waals surface area contributed by atoms with Gasteiger partial charge in [0.1, 0.15) is 5.65 Å². The summed E-state index contributed by atoms with van der Waals surface area (Å²) < 4.78 is 40.4. The molecule has 0 aliphatic carbocycles. The molecule has 1 aliphatic heterocycles. The van der Waals surface area contributed by atoms with E-state index in [9.17, 15) is 18.3 Å². The Balaban J connectivity index is 1.68. The Labute approximate surface area is 154 Å². The molecule has 1 aliphatic rings. The van der Waals surface area contributed by atoms with Crippen molar-refractivity contribution >= 4 is 5.65 Å². The Morgan fingerprint density at radius 1 is 1.15 bits per heavy atom. The van der Waals surface area contributed by atoms with Gasteiger partial charge < -0.3 is 14.8 Å². The third-order valence-electron chi connectivity index (χ3n) is 5.25. The predicted octanol–water partition coefficient (Wildman–Crippen LogP) is 4.05. The van der Waals surface area contributed by atoms with Crippen molar-refractivity contribution in [1.29, 1.82) is 0 Å². The van der Waals surface area contributed by atoms with Crippen LogP contribution in [0, 0.1) is 0 Å². The van der Waals surface area contributed by atoms with Crippen LogP contribution in [0.25, 0.3) is 5.65 Å². The minimum atomic E-state index is -4.39. The summed E-state index contributed by atoms with van der Waals surface area (Å²) in [5.74, 6) is 0. The van der Waals surface area contributed by atoms with Gasteiger partial charge >= 0.3 is 6.18 Å². The van der Waals surface area contributed by atoms with Crippen LogP contribution in [0.1, 0.15) is 42.5 Å². The van der Waals surface area contributed by atoms with E-state index in [2.05, 4.69) is 10.3 Å². The third-order valence-corrected chi connectivity index (χ3v) is 5.25. The fourth-order valence-corrected chi connectivity index (χ4v) is 4.04. The second kappa shape index (κ2) is 6.35. The summed E-state index contributed by atoms with van der Waals surface area (Å²) in [5, 5.41) is 14.8. The van der Waals surface area contributed by atoms with Crippen LogP contribution in [0.3, 0.4) is 0 Å². The number of halogens is 3. The number of pyridine rings is 1. The lowest BCUT2D eigenvalue weighted by atomic mass is 9.77. The van der Waals surface area contributed by atoms with Crippen LogP contribution < -0.4 is 5.32 Å². The summed E-state index contributed by atoms with van der Waals surface area (Å²) in [4.78, 5) is 4.39. The van der Waals surface area contributed by atoms with Gasteiger partial charge in [-0.25, -0.2) is 4.98 Å². The lowest BCUT2D eigenvalue weighted by Gasteiger charge is -2.41. The van der Waals surface area contributed by atoms with Gasteiger partial charge in [-0.1, -0.05) is 18.2 Å². The molecular formula is C20H20F3N3O. The zero-order valence-electron chi connectivity index (χ0n) is 14.7. The fraction of sp³-hybridized carbons (Fsp3) is 0.350. The fourth-order valence-electron chi connectivity index (χ4n) is 4.04. The maximum absolute atomic E-state index is 12.8. The number of piperidine rings is 1. The van der Waals surface area contributed by atoms with Gasteiger partial charge in [-0.05, 0) is 43.5 Å². The van der Waals surface area contributed by atoms with Crippen molar-refractivity contribution in [2.75, 3.05) is 0 Å². The first kappa shape index (κ1) is 18.0. The van der Waals surface area contributed by atoms with Crippen molar-refractivity contribution in [3.8, 4) is 0 Å². The van der Waals surface area contributed by atoms with Crippen LogP contribution >= 0.6 is 0 Å². The van der Waals surface area contributed by atoms with Crippen molar-refractivity contribution in [1.82, 2.24) is 14.7 Å². The molecule has 4 nitrogen and oxygen atoms in total. The highest BCUT2D eigenvalue weighted by Gasteiger charge is 2.40. The van der Waals surface area contributed by atoms with Gasteiger partial charge in [-0.15, -0.1) is 0 Å². The zero-order valence-corrected chi connectivity index (χ0v) is 14.7. The Morgan fingerprint density at radius 3 is 2.59 bits per heavy atom. The number of nitrogens with zero attached hydrogens (tertiary/aromatic N) is 2. The molecule has 3 heterocycles. The number of imidazole rings is 1. The van der Waals surface area contributed by atoms with Crippen LogP contribution in [0.2, 0.25) is 0 Å². The first-order valence-electron chi connectivity index (χ1n) is 8.84. The molecule has 4 rings (SSSR count). The first-order valence-corrected chi connectivity index (χ1v) is 8.84. The van der Waals surface area contributed by atoms with Crippen LogP contribution in [-0.2, 0) is 11.8 Å². The molecule has 0 spiro atoms. The largest absolute Gasteiger partial charge is 0.416 e. The summed E-state index contributed by atoms with van der Waals surface area (Å²) in [7, 11) is 0. The van der Waals surface area contributed by atoms with Gasteiger partial charge in [-0.3, -0.25) is 0 Å². The lowest BCUT2D eigenvalue weighted by molar-refractivity contribution is -0.137. The van der Waals surface area contributed by atoms with E-state index in [1.807, 2.05) is 35.9 Å². The number of hydrogen-bond donors (Lipinski definition) is 2. The molecule has 3 atom stereocenters. The molecule has 27 heavy (non-hydrogen) atoms. The van der Waals surface area contributed by atoms with Crippen molar-refractivity contribution in [2.45, 2.75) is 43.6 Å². The summed E-state index contributed by atoms with van der Waals surface area (Å²) in [6.45, 7) is 1.97. The number of hydrogen-bond acceptors (Lipinski definition) is 3. The van der Waals surface area contributed by atoms with Crippen molar-refractivity contribution < 1.29 is 18.3 Å². The monoisotopic (exact) mass is 375 g/mol. The molecule has 0 bridgehead atoms. The van der Waals surface area contributed by atoms with E-state index < -0.39 is 17.3 Å². The molecule has 2 aromatic heterocycles. The average Bonchev–Trinajstić information content (AvgIpc) is 3.09. The molecular weight excluding hydrogens is 355 g/mol. The molecule has 2 N–H and O–H groups in total. The molecule has 142 valence electrons. The topological polar surface area (TPSA) is 49.6 Å². The summed E-state index contributed by atoms with van der Waals surface area (Å²) in [6.07, 6.45) is 1.86. The maximum Gasteiger partial charge on any atom is 0.416 e. The SMILES string of the molecule is CC1CC(O)(c2ccc(C(F)(F)F)cc2)CC(c2cccn3ccnc23)N1. The molecule has 7 heteroatoms. The van der Waals surface area contributed by atoms with Gasteiger partial charge in [0, 0.05) is 36.2 Å². The lowest BCUT2D eigenvalue weighted by Crippen LogP contribution is -2.47. The molecule has 1 fully saturated rings. The Bertz CT molecular complexity index is 951. The van der Waals surface area contributed by atoms with E-state index in [-0.39, 0.29) is 12.1 Å². The van der Waals surface area contributed by atoms with Gasteiger partial charge in [0.2, 0.25) is 0 Å². The van der Waals surface area contributed by atoms with Crippen molar-refractivity contribution in [3.05, 3.63) is 71.7 Å². The normalized spacial score (nSPS) is 26.4. The van der Waals surface area contributed by atoms with E-state index in [0.29, 0.717) is 18.4 Å². The predicted molar refractivity (Wildman–Crippen MR) is 95.1 cm³/mol. The van der Waals surface area contributed by atoms with E-state index >= 15 is 0 Å². The highest BCUT2D eigenvalue weighted by Crippen LogP contribution is 2.41. The molecule has 0 amide bonds. The minimum Gasteiger partial charge on any atom is -0.385 e. The molecule has 0 radical (unpaired) electrons. The first-order chi connectivity index (χ1) is 12.8. The standard InChI is InChI=1S/C20H20F3N3O/c1-13-11-19(27,14-4-6-15(7-5-14)20(21,22)23)12-17(25-13)16-3-2-9-26-10-8-24-18(16)26/h2-10,13,17,25,27H,11-12H2,1H3. The summed E-state index contributed by atoms with van der Waals surface area (Å²) >= 11 is 0. The Kier molecular flexibility index (Phi) is 4.24. The Hall–Kier alpha value is -2.38. The van der Waals surface area contributed by atoms with Crippen LogP contribution in [0.15, 0.2) is 55.0 Å². The summed E-state index contributed by atoms with van der Waals surface area (Å²) in [6, 6.07) is 8.54. The number of alkyl halides is 3. The van der Waals surface area contributed by atoms with Crippen LogP contribution in [0.5, 0.6) is 0 Å². The number of fused-ring (bicyclic) bond motifs is 1. The van der Waals surface area contributed by atoms with Gasteiger partial charge in [0.25, 0.3) is 0 Å². The number of benzene rings is 1. The zero-order chi connectivity index (χ0) is 19.2. The highest BCUT2D eigenvalue weighted by atomic mass is 19.4. The minimum absolute atomic E-state index is 0.00809. The maximum atomic E-state index is 12.8. The van der Waals surface area contributed by atoms with Crippen LogP contribution in [0.4, 0.5) is 13.2 Å². The highest BCUT2D eigenvalue weighted by molar-refractivity contribution is 5.50. The number of aromatic nitrogens is 2. The van der Waals surface area contributed by atoms with Crippen LogP contribution in [-0.4, -0.2) is 20.5 Å². The number of nitrogens with one attached hydrogen (secondary N) is 1. The summed E-state index contributed by atoms with van der Waals surface area (Å²) in [5.41, 5.74) is 0.344. The Morgan fingerprint density at radius 2 is 1.89 bits per heavy atom. The van der Waals surface area contributed by atoms with Gasteiger partial charge in [0.05, 0.1) is 11.2 Å². The van der Waals surface area contributed by atoms with E-state index in [1.165, 1.54) is 12.1 Å². The molecule has 0 saturated carbocycles. The second-order valence-corrected chi connectivity index (χ2v) is 7.26. The van der Waals surface area contributed by atoms with E-state index in [4.69, 9.17) is 0 Å². The molecule has 1 aromatic carbocycles. The average molecular weight is 375 g/mol. The number of rotatable bonds is 2. The number of aliphatic hydroxyl groups is 1. The quantitative estimate of drug-likeness (QED) is 0.710. The smallest absolute Gasteiger partial charge is 0.385 e. The molecule has 1 saturated heterocycles. The third kappa shape index (κ3) is 3.33. The second-order valence-electron chi connectivity index (χ2n) is 7.26. The van der Waals surface area contributed by atoms with Gasteiger partial charge in [-0.2, -0.15) is 13.2 Å². The molecule has 3 unspecified atom stereocenters. The van der Waals surface area contributed by atoms with E-state index in [0.717, 1.165) is 23.3 Å².